The lowest BCUT2D eigenvalue weighted by Crippen LogP contribution is -2.55. The van der Waals surface area contributed by atoms with Crippen molar-refractivity contribution in [2.24, 2.45) is 5.92 Å². The summed E-state index contributed by atoms with van der Waals surface area (Å²) in [6, 6.07) is 6.16. The summed E-state index contributed by atoms with van der Waals surface area (Å²) in [6.45, 7) is 6.99. The van der Waals surface area contributed by atoms with Crippen LogP contribution in [0, 0.1) is 5.92 Å². The molecule has 1 aromatic rings. The van der Waals surface area contributed by atoms with Crippen LogP contribution in [0.2, 0.25) is 5.02 Å². The molecule has 1 fully saturated rings. The molecule has 1 saturated heterocycles. The Bertz CT molecular complexity index is 702. The zero-order chi connectivity index (χ0) is 20.7. The first kappa shape index (κ1) is 22.2. The standard InChI is InChI=1S/C21H30ClN3O3/c1-4-14(3)23-21(28)19(15-10-12-25(13-11-15)18(26)5-2)24-20(27)16-8-6-7-9-17(16)22/h6-9,14-15,19H,4-5,10-13H2,1-3H3,(H,23,28)(H,24,27)/t14-,19-/m1/s1. The molecule has 7 heteroatoms. The Labute approximate surface area is 172 Å². The van der Waals surface area contributed by atoms with E-state index in [4.69, 9.17) is 11.6 Å². The first-order chi connectivity index (χ1) is 13.4. The molecule has 0 bridgehead atoms. The normalized spacial score (nSPS) is 16.9. The van der Waals surface area contributed by atoms with Crippen molar-refractivity contribution in [1.82, 2.24) is 15.5 Å². The molecule has 0 radical (unpaired) electrons. The molecule has 6 nitrogen and oxygen atoms in total. The van der Waals surface area contributed by atoms with E-state index in [-0.39, 0.29) is 29.7 Å². The van der Waals surface area contributed by atoms with Crippen LogP contribution in [0.3, 0.4) is 0 Å². The van der Waals surface area contributed by atoms with Gasteiger partial charge in [0.15, 0.2) is 0 Å². The molecule has 28 heavy (non-hydrogen) atoms. The number of carbonyl (C=O) groups is 3. The fraction of sp³-hybridized carbons (Fsp3) is 0.571. The van der Waals surface area contributed by atoms with Crippen molar-refractivity contribution >= 4 is 29.3 Å². The monoisotopic (exact) mass is 407 g/mol. The molecule has 2 atom stereocenters. The molecular weight excluding hydrogens is 378 g/mol. The number of rotatable bonds is 7. The van der Waals surface area contributed by atoms with Crippen molar-refractivity contribution < 1.29 is 14.4 Å². The van der Waals surface area contributed by atoms with Crippen LogP contribution in [0.4, 0.5) is 0 Å². The quantitative estimate of drug-likeness (QED) is 0.729. The van der Waals surface area contributed by atoms with Gasteiger partial charge in [-0.3, -0.25) is 14.4 Å². The van der Waals surface area contributed by atoms with Gasteiger partial charge in [-0.15, -0.1) is 0 Å². The maximum absolute atomic E-state index is 12.9. The number of piperidine rings is 1. The average molecular weight is 408 g/mol. The molecule has 2 N–H and O–H groups in total. The molecule has 1 aliphatic rings. The number of carbonyl (C=O) groups excluding carboxylic acids is 3. The van der Waals surface area contributed by atoms with Crippen molar-refractivity contribution in [1.29, 1.82) is 0 Å². The fourth-order valence-corrected chi connectivity index (χ4v) is 3.62. The van der Waals surface area contributed by atoms with Crippen LogP contribution in [0.1, 0.15) is 56.8 Å². The molecule has 1 heterocycles. The zero-order valence-corrected chi connectivity index (χ0v) is 17.6. The predicted molar refractivity (Wildman–Crippen MR) is 110 cm³/mol. The highest BCUT2D eigenvalue weighted by molar-refractivity contribution is 6.33. The van der Waals surface area contributed by atoms with E-state index in [0.717, 1.165) is 6.42 Å². The predicted octanol–water partition coefficient (Wildman–Crippen LogP) is 3.00. The molecule has 0 unspecified atom stereocenters. The highest BCUT2D eigenvalue weighted by Gasteiger charge is 2.34. The number of hydrogen-bond acceptors (Lipinski definition) is 3. The summed E-state index contributed by atoms with van der Waals surface area (Å²) in [5.74, 6) is -0.451. The second-order valence-electron chi connectivity index (χ2n) is 7.32. The molecule has 1 aliphatic heterocycles. The van der Waals surface area contributed by atoms with Gasteiger partial charge in [0, 0.05) is 25.6 Å². The van der Waals surface area contributed by atoms with Crippen LogP contribution in [0.15, 0.2) is 24.3 Å². The van der Waals surface area contributed by atoms with Gasteiger partial charge in [0.25, 0.3) is 5.91 Å². The van der Waals surface area contributed by atoms with E-state index in [1.165, 1.54) is 0 Å². The van der Waals surface area contributed by atoms with E-state index in [1.54, 1.807) is 24.3 Å². The second-order valence-corrected chi connectivity index (χ2v) is 7.73. The number of halogens is 1. The molecule has 2 rings (SSSR count). The highest BCUT2D eigenvalue weighted by atomic mass is 35.5. The number of likely N-dealkylation sites (tertiary alicyclic amines) is 1. The van der Waals surface area contributed by atoms with Gasteiger partial charge >= 0.3 is 0 Å². The van der Waals surface area contributed by atoms with Gasteiger partial charge in [-0.2, -0.15) is 0 Å². The lowest BCUT2D eigenvalue weighted by molar-refractivity contribution is -0.132. The molecule has 1 aromatic carbocycles. The van der Waals surface area contributed by atoms with E-state index in [9.17, 15) is 14.4 Å². The van der Waals surface area contributed by atoms with Crippen LogP contribution in [-0.4, -0.2) is 47.8 Å². The molecule has 0 spiro atoms. The Kier molecular flexibility index (Phi) is 8.30. The molecule has 0 aliphatic carbocycles. The maximum Gasteiger partial charge on any atom is 0.253 e. The van der Waals surface area contributed by atoms with E-state index < -0.39 is 6.04 Å². The number of amides is 3. The second kappa shape index (κ2) is 10.5. The number of nitrogens with one attached hydrogen (secondary N) is 2. The van der Waals surface area contributed by atoms with Crippen molar-refractivity contribution in [2.75, 3.05) is 13.1 Å². The Balaban J connectivity index is 2.13. The number of nitrogens with zero attached hydrogens (tertiary/aromatic N) is 1. The molecule has 0 saturated carbocycles. The highest BCUT2D eigenvalue weighted by Crippen LogP contribution is 2.23. The molecule has 0 aromatic heterocycles. The van der Waals surface area contributed by atoms with Crippen molar-refractivity contribution in [3.05, 3.63) is 34.9 Å². The Morgan fingerprint density at radius 2 is 1.79 bits per heavy atom. The van der Waals surface area contributed by atoms with E-state index in [2.05, 4.69) is 10.6 Å². The van der Waals surface area contributed by atoms with Gasteiger partial charge in [0.2, 0.25) is 11.8 Å². The lowest BCUT2D eigenvalue weighted by atomic mass is 9.88. The van der Waals surface area contributed by atoms with Gasteiger partial charge < -0.3 is 15.5 Å². The minimum atomic E-state index is -0.656. The van der Waals surface area contributed by atoms with Crippen LogP contribution in [0.25, 0.3) is 0 Å². The Morgan fingerprint density at radius 1 is 1.14 bits per heavy atom. The summed E-state index contributed by atoms with van der Waals surface area (Å²) >= 11 is 6.14. The minimum Gasteiger partial charge on any atom is -0.352 e. The summed E-state index contributed by atoms with van der Waals surface area (Å²) in [7, 11) is 0. The third-order valence-corrected chi connectivity index (χ3v) is 5.68. The Hall–Kier alpha value is -2.08. The summed E-state index contributed by atoms with van der Waals surface area (Å²) in [5.41, 5.74) is 0.351. The average Bonchev–Trinajstić information content (AvgIpc) is 2.71. The summed E-state index contributed by atoms with van der Waals surface area (Å²) in [6.07, 6.45) is 2.63. The third-order valence-electron chi connectivity index (χ3n) is 5.35. The van der Waals surface area contributed by atoms with Gasteiger partial charge in [-0.05, 0) is 44.2 Å². The first-order valence-corrected chi connectivity index (χ1v) is 10.4. The SMILES string of the molecule is CCC(=O)N1CCC([C@@H](NC(=O)c2ccccc2Cl)C(=O)N[C@H](C)CC)CC1. The first-order valence-electron chi connectivity index (χ1n) is 10.0. The van der Waals surface area contributed by atoms with Crippen LogP contribution >= 0.6 is 11.6 Å². The number of benzene rings is 1. The van der Waals surface area contributed by atoms with Gasteiger partial charge in [0.1, 0.15) is 6.04 Å². The lowest BCUT2D eigenvalue weighted by Gasteiger charge is -2.36. The molecule has 154 valence electrons. The molecular formula is C21H30ClN3O3. The smallest absolute Gasteiger partial charge is 0.253 e. The minimum absolute atomic E-state index is 0.0222. The molecule has 3 amide bonds. The van der Waals surface area contributed by atoms with E-state index >= 15 is 0 Å². The largest absolute Gasteiger partial charge is 0.352 e. The summed E-state index contributed by atoms with van der Waals surface area (Å²) in [4.78, 5) is 39.4. The van der Waals surface area contributed by atoms with Crippen LogP contribution in [-0.2, 0) is 9.59 Å². The number of hydrogen-bond donors (Lipinski definition) is 2. The van der Waals surface area contributed by atoms with Crippen LogP contribution in [0.5, 0.6) is 0 Å². The van der Waals surface area contributed by atoms with Crippen molar-refractivity contribution in [2.45, 2.75) is 58.5 Å². The summed E-state index contributed by atoms with van der Waals surface area (Å²) < 4.78 is 0. The van der Waals surface area contributed by atoms with Gasteiger partial charge in [-0.25, -0.2) is 0 Å². The fourth-order valence-electron chi connectivity index (χ4n) is 3.40. The van der Waals surface area contributed by atoms with E-state index in [1.807, 2.05) is 25.7 Å². The van der Waals surface area contributed by atoms with Crippen molar-refractivity contribution in [3.63, 3.8) is 0 Å². The van der Waals surface area contributed by atoms with Crippen molar-refractivity contribution in [3.8, 4) is 0 Å². The maximum atomic E-state index is 12.9. The summed E-state index contributed by atoms with van der Waals surface area (Å²) in [5, 5.41) is 6.22. The van der Waals surface area contributed by atoms with E-state index in [0.29, 0.717) is 42.9 Å². The topological polar surface area (TPSA) is 78.5 Å². The zero-order valence-electron chi connectivity index (χ0n) is 16.8. The Morgan fingerprint density at radius 3 is 2.36 bits per heavy atom. The van der Waals surface area contributed by atoms with Crippen LogP contribution < -0.4 is 10.6 Å². The van der Waals surface area contributed by atoms with Gasteiger partial charge in [-0.1, -0.05) is 37.6 Å². The third kappa shape index (κ3) is 5.71. The van der Waals surface area contributed by atoms with Gasteiger partial charge in [0.05, 0.1) is 10.6 Å².